The lowest BCUT2D eigenvalue weighted by Crippen LogP contribution is -2.51. The molecule has 2 fully saturated rings. The van der Waals surface area contributed by atoms with Crippen LogP contribution in [0.3, 0.4) is 0 Å². The fourth-order valence-corrected chi connectivity index (χ4v) is 3.81. The van der Waals surface area contributed by atoms with Crippen LogP contribution in [0.2, 0.25) is 5.02 Å². The lowest BCUT2D eigenvalue weighted by molar-refractivity contribution is -0.133. The van der Waals surface area contributed by atoms with E-state index in [-0.39, 0.29) is 19.0 Å². The Morgan fingerprint density at radius 2 is 1.75 bits per heavy atom. The molecule has 152 valence electrons. The van der Waals surface area contributed by atoms with Gasteiger partial charge in [-0.25, -0.2) is 4.79 Å². The molecule has 2 heterocycles. The van der Waals surface area contributed by atoms with Gasteiger partial charge in [-0.05, 0) is 50.9 Å². The second kappa shape index (κ2) is 7.24. The van der Waals surface area contributed by atoms with Gasteiger partial charge in [0, 0.05) is 31.6 Å². The topological polar surface area (TPSA) is 79.3 Å². The van der Waals surface area contributed by atoms with E-state index < -0.39 is 30.5 Å². The quantitative estimate of drug-likeness (QED) is 0.761. The molecule has 0 unspecified atom stereocenters. The number of halogens is 1. The van der Waals surface area contributed by atoms with Crippen LogP contribution in [0.1, 0.15) is 46.2 Å². The first-order chi connectivity index (χ1) is 12.9. The van der Waals surface area contributed by atoms with Gasteiger partial charge in [0.15, 0.2) is 0 Å². The van der Waals surface area contributed by atoms with Crippen LogP contribution >= 0.6 is 11.6 Å². The van der Waals surface area contributed by atoms with E-state index in [1.807, 2.05) is 33.8 Å². The predicted octanol–water partition coefficient (Wildman–Crippen LogP) is 2.52. The van der Waals surface area contributed by atoms with Gasteiger partial charge in [0.2, 0.25) is 5.91 Å². The first-order valence-corrected chi connectivity index (χ1v) is 9.70. The van der Waals surface area contributed by atoms with Gasteiger partial charge >= 0.3 is 13.2 Å². The zero-order chi connectivity index (χ0) is 20.9. The molecule has 0 aliphatic carbocycles. The highest BCUT2D eigenvalue weighted by Crippen LogP contribution is 2.37. The summed E-state index contributed by atoms with van der Waals surface area (Å²) in [6, 6.07) is 5.02. The molecule has 0 radical (unpaired) electrons. The third-order valence-electron chi connectivity index (χ3n) is 5.91. The third-order valence-corrected chi connectivity index (χ3v) is 6.13. The van der Waals surface area contributed by atoms with Crippen LogP contribution in [0.15, 0.2) is 18.2 Å². The summed E-state index contributed by atoms with van der Waals surface area (Å²) in [5.74, 6) is -0.104. The SMILES string of the molecule is CC(=O)N1CCN(C(=O)O)C[C@H]1c1cc(Cl)cc(B2OC(C)(C)C(C)(C)O2)c1. The molecule has 2 saturated heterocycles. The second-order valence-electron chi connectivity index (χ2n) is 8.36. The number of carbonyl (C=O) groups is 2. The maximum absolute atomic E-state index is 12.1. The number of carbonyl (C=O) groups excluding carboxylic acids is 1. The van der Waals surface area contributed by atoms with Gasteiger partial charge in [0.1, 0.15) is 0 Å². The average Bonchev–Trinajstić information content (AvgIpc) is 2.81. The molecule has 0 aromatic heterocycles. The molecule has 1 atom stereocenters. The van der Waals surface area contributed by atoms with Crippen LogP contribution in [0, 0.1) is 0 Å². The number of nitrogens with zero attached hydrogens (tertiary/aromatic N) is 2. The third kappa shape index (κ3) is 3.86. The Balaban J connectivity index is 1.96. The van der Waals surface area contributed by atoms with E-state index >= 15 is 0 Å². The monoisotopic (exact) mass is 408 g/mol. The minimum Gasteiger partial charge on any atom is -0.465 e. The fraction of sp³-hybridized carbons (Fsp3) is 0.579. The molecular formula is C19H26BClN2O5. The van der Waals surface area contributed by atoms with Gasteiger partial charge in [0.25, 0.3) is 0 Å². The summed E-state index contributed by atoms with van der Waals surface area (Å²) in [5.41, 5.74) is 0.531. The van der Waals surface area contributed by atoms with Crippen molar-refractivity contribution in [1.29, 1.82) is 0 Å². The highest BCUT2D eigenvalue weighted by molar-refractivity contribution is 6.62. The van der Waals surface area contributed by atoms with Gasteiger partial charge < -0.3 is 24.2 Å². The maximum atomic E-state index is 12.1. The zero-order valence-corrected chi connectivity index (χ0v) is 17.6. The van der Waals surface area contributed by atoms with Crippen molar-refractivity contribution in [3.8, 4) is 0 Å². The highest BCUT2D eigenvalue weighted by Gasteiger charge is 2.52. The number of hydrogen-bond acceptors (Lipinski definition) is 4. The Morgan fingerprint density at radius 3 is 2.29 bits per heavy atom. The summed E-state index contributed by atoms with van der Waals surface area (Å²) >= 11 is 6.37. The Hall–Kier alpha value is -1.77. The van der Waals surface area contributed by atoms with Crippen LogP contribution in [0.4, 0.5) is 4.79 Å². The lowest BCUT2D eigenvalue weighted by atomic mass is 9.77. The summed E-state index contributed by atoms with van der Waals surface area (Å²) in [6.07, 6.45) is -0.999. The molecule has 1 aromatic carbocycles. The molecule has 1 aromatic rings. The molecule has 9 heteroatoms. The summed E-state index contributed by atoms with van der Waals surface area (Å²) in [5, 5.41) is 9.87. The van der Waals surface area contributed by atoms with E-state index in [4.69, 9.17) is 20.9 Å². The summed E-state index contributed by atoms with van der Waals surface area (Å²) < 4.78 is 12.2. The van der Waals surface area contributed by atoms with Gasteiger partial charge in [-0.2, -0.15) is 0 Å². The second-order valence-corrected chi connectivity index (χ2v) is 8.80. The van der Waals surface area contributed by atoms with E-state index in [0.717, 1.165) is 11.0 Å². The van der Waals surface area contributed by atoms with Crippen molar-refractivity contribution >= 4 is 36.2 Å². The average molecular weight is 409 g/mol. The number of carboxylic acid groups (broad SMARTS) is 1. The number of benzene rings is 1. The van der Waals surface area contributed by atoms with Crippen molar-refractivity contribution in [1.82, 2.24) is 9.80 Å². The van der Waals surface area contributed by atoms with Gasteiger partial charge in [-0.3, -0.25) is 4.79 Å². The molecule has 28 heavy (non-hydrogen) atoms. The zero-order valence-electron chi connectivity index (χ0n) is 16.9. The molecule has 1 N–H and O–H groups in total. The van der Waals surface area contributed by atoms with Gasteiger partial charge in [-0.1, -0.05) is 17.7 Å². The lowest BCUT2D eigenvalue weighted by Gasteiger charge is -2.40. The minimum atomic E-state index is -0.999. The predicted molar refractivity (Wildman–Crippen MR) is 107 cm³/mol. The van der Waals surface area contributed by atoms with Gasteiger partial charge in [-0.15, -0.1) is 0 Å². The maximum Gasteiger partial charge on any atom is 0.494 e. The highest BCUT2D eigenvalue weighted by atomic mass is 35.5. The normalized spacial score (nSPS) is 23.8. The van der Waals surface area contributed by atoms with Gasteiger partial charge in [0.05, 0.1) is 17.2 Å². The van der Waals surface area contributed by atoms with E-state index in [1.54, 1.807) is 17.0 Å². The first kappa shape index (κ1) is 21.0. The Bertz CT molecular complexity index is 785. The molecule has 2 amide bonds. The van der Waals surface area contributed by atoms with E-state index in [9.17, 15) is 14.7 Å². The number of piperazine rings is 1. The molecule has 2 aliphatic rings. The van der Waals surface area contributed by atoms with Crippen molar-refractivity contribution < 1.29 is 24.0 Å². The van der Waals surface area contributed by atoms with Crippen LogP contribution in [0.25, 0.3) is 0 Å². The standard InChI is InChI=1S/C19H26BClN2O5/c1-12(24)23-7-6-22(17(25)26)11-16(23)13-8-14(10-15(21)9-13)20-27-18(2,3)19(4,5)28-20/h8-10,16H,6-7,11H2,1-5H3,(H,25,26)/t16-/m0/s1. The van der Waals surface area contributed by atoms with Crippen LogP contribution in [0.5, 0.6) is 0 Å². The summed E-state index contributed by atoms with van der Waals surface area (Å²) in [6.45, 7) is 10.2. The first-order valence-electron chi connectivity index (χ1n) is 9.32. The molecule has 2 aliphatic heterocycles. The van der Waals surface area contributed by atoms with Crippen LogP contribution in [-0.4, -0.2) is 64.9 Å². The number of amides is 2. The summed E-state index contributed by atoms with van der Waals surface area (Å²) in [7, 11) is -0.590. The molecule has 0 saturated carbocycles. The Kier molecular flexibility index (Phi) is 5.42. The van der Waals surface area contributed by atoms with E-state index in [2.05, 4.69) is 0 Å². The van der Waals surface area contributed by atoms with Crippen molar-refractivity contribution in [2.45, 2.75) is 51.9 Å². The molecule has 3 rings (SSSR count). The van der Waals surface area contributed by atoms with Crippen molar-refractivity contribution in [3.63, 3.8) is 0 Å². The number of hydrogen-bond donors (Lipinski definition) is 1. The van der Waals surface area contributed by atoms with Crippen molar-refractivity contribution in [2.24, 2.45) is 0 Å². The van der Waals surface area contributed by atoms with E-state index in [0.29, 0.717) is 11.6 Å². The van der Waals surface area contributed by atoms with Crippen LogP contribution in [-0.2, 0) is 14.1 Å². The minimum absolute atomic E-state index is 0.104. The summed E-state index contributed by atoms with van der Waals surface area (Å²) in [4.78, 5) is 26.6. The van der Waals surface area contributed by atoms with Crippen molar-refractivity contribution in [2.75, 3.05) is 19.6 Å². The Labute approximate surface area is 170 Å². The Morgan fingerprint density at radius 1 is 1.14 bits per heavy atom. The van der Waals surface area contributed by atoms with Crippen LogP contribution < -0.4 is 5.46 Å². The number of rotatable bonds is 2. The molecule has 0 spiro atoms. The molecule has 7 nitrogen and oxygen atoms in total. The van der Waals surface area contributed by atoms with E-state index in [1.165, 1.54) is 11.8 Å². The molecular weight excluding hydrogens is 382 g/mol. The largest absolute Gasteiger partial charge is 0.494 e. The molecule has 0 bridgehead atoms. The fourth-order valence-electron chi connectivity index (χ4n) is 3.56. The smallest absolute Gasteiger partial charge is 0.465 e. The van der Waals surface area contributed by atoms with Crippen molar-refractivity contribution in [3.05, 3.63) is 28.8 Å².